The van der Waals surface area contributed by atoms with Crippen LogP contribution in [0.15, 0.2) is 0 Å². The van der Waals surface area contributed by atoms with Crippen molar-refractivity contribution in [1.29, 1.82) is 0 Å². The maximum Gasteiger partial charge on any atom is 0.0808 e. The Morgan fingerprint density at radius 3 is 2.33 bits per heavy atom. The Balaban J connectivity index is 1.92. The Hall–Kier alpha value is -0.0800. The monoisotopic (exact) mass is 253 g/mol. The third kappa shape index (κ3) is 3.48. The van der Waals surface area contributed by atoms with Crippen molar-refractivity contribution in [3.05, 3.63) is 0 Å². The molecule has 2 heteroatoms. The lowest BCUT2D eigenvalue weighted by Gasteiger charge is -2.45. The zero-order chi connectivity index (χ0) is 13.2. The van der Waals surface area contributed by atoms with Crippen LogP contribution in [0.3, 0.4) is 0 Å². The Morgan fingerprint density at radius 1 is 1.11 bits per heavy atom. The van der Waals surface area contributed by atoms with Gasteiger partial charge in [-0.1, -0.05) is 33.6 Å². The molecule has 2 saturated carbocycles. The summed E-state index contributed by atoms with van der Waals surface area (Å²) >= 11 is 0. The van der Waals surface area contributed by atoms with Gasteiger partial charge in [-0.25, -0.2) is 0 Å². The van der Waals surface area contributed by atoms with Gasteiger partial charge >= 0.3 is 0 Å². The maximum atomic E-state index is 6.51. The highest BCUT2D eigenvalue weighted by Gasteiger charge is 2.40. The first kappa shape index (κ1) is 14.3. The SMILES string of the molecule is CC1CCCC(OC2(CN)CCC(C)(C)CC2)C1. The number of ether oxygens (including phenoxy) is 1. The van der Waals surface area contributed by atoms with Gasteiger partial charge in [0.25, 0.3) is 0 Å². The second kappa shape index (κ2) is 5.50. The summed E-state index contributed by atoms with van der Waals surface area (Å²) in [5.41, 5.74) is 6.54. The summed E-state index contributed by atoms with van der Waals surface area (Å²) in [4.78, 5) is 0. The van der Waals surface area contributed by atoms with E-state index in [-0.39, 0.29) is 5.60 Å². The highest BCUT2D eigenvalue weighted by atomic mass is 16.5. The quantitative estimate of drug-likeness (QED) is 0.828. The normalized spacial score (nSPS) is 35.3. The van der Waals surface area contributed by atoms with E-state index < -0.39 is 0 Å². The van der Waals surface area contributed by atoms with Gasteiger partial charge < -0.3 is 10.5 Å². The number of hydrogen-bond donors (Lipinski definition) is 1. The topological polar surface area (TPSA) is 35.2 Å². The third-order valence-electron chi connectivity index (χ3n) is 5.19. The largest absolute Gasteiger partial charge is 0.370 e. The van der Waals surface area contributed by atoms with Crippen LogP contribution in [0.1, 0.15) is 72.1 Å². The van der Waals surface area contributed by atoms with Crippen molar-refractivity contribution in [3.8, 4) is 0 Å². The van der Waals surface area contributed by atoms with E-state index in [1.165, 1.54) is 38.5 Å². The van der Waals surface area contributed by atoms with Crippen LogP contribution >= 0.6 is 0 Å². The first-order valence-corrected chi connectivity index (χ1v) is 7.83. The standard InChI is InChI=1S/C16H31NO/c1-13-5-4-6-14(11-13)18-16(12-17)9-7-15(2,3)8-10-16/h13-14H,4-12,17H2,1-3H3. The molecule has 0 aromatic carbocycles. The lowest BCUT2D eigenvalue weighted by Crippen LogP contribution is -2.48. The van der Waals surface area contributed by atoms with Gasteiger partial charge in [0.2, 0.25) is 0 Å². The van der Waals surface area contributed by atoms with E-state index in [1.807, 2.05) is 0 Å². The van der Waals surface area contributed by atoms with Gasteiger partial charge in [-0.2, -0.15) is 0 Å². The molecule has 2 N–H and O–H groups in total. The zero-order valence-corrected chi connectivity index (χ0v) is 12.5. The molecule has 2 fully saturated rings. The van der Waals surface area contributed by atoms with Crippen LogP contribution in [0.4, 0.5) is 0 Å². The molecule has 2 unspecified atom stereocenters. The van der Waals surface area contributed by atoms with Gasteiger partial charge in [0.15, 0.2) is 0 Å². The van der Waals surface area contributed by atoms with Crippen molar-refractivity contribution in [1.82, 2.24) is 0 Å². The number of nitrogens with two attached hydrogens (primary N) is 1. The Kier molecular flexibility index (Phi) is 4.38. The van der Waals surface area contributed by atoms with Crippen LogP contribution in [0, 0.1) is 11.3 Å². The van der Waals surface area contributed by atoms with Gasteiger partial charge in [0.05, 0.1) is 11.7 Å². The Bertz CT molecular complexity index is 264. The minimum Gasteiger partial charge on any atom is -0.370 e. The van der Waals surface area contributed by atoms with E-state index in [9.17, 15) is 0 Å². The fraction of sp³-hybridized carbons (Fsp3) is 1.00. The van der Waals surface area contributed by atoms with Crippen molar-refractivity contribution >= 4 is 0 Å². The average Bonchev–Trinajstić information content (AvgIpc) is 2.33. The summed E-state index contributed by atoms with van der Waals surface area (Å²) in [6.45, 7) is 7.80. The van der Waals surface area contributed by atoms with Gasteiger partial charge in [-0.05, 0) is 49.9 Å². The maximum absolute atomic E-state index is 6.51. The van der Waals surface area contributed by atoms with E-state index in [4.69, 9.17) is 10.5 Å². The molecule has 2 atom stereocenters. The van der Waals surface area contributed by atoms with Gasteiger partial charge in [0, 0.05) is 6.54 Å². The molecular formula is C16H31NO. The molecule has 2 nitrogen and oxygen atoms in total. The van der Waals surface area contributed by atoms with E-state index in [0.717, 1.165) is 18.8 Å². The molecule has 2 aliphatic rings. The molecule has 0 aliphatic heterocycles. The molecule has 0 heterocycles. The fourth-order valence-corrected chi connectivity index (χ4v) is 3.59. The van der Waals surface area contributed by atoms with Crippen molar-refractivity contribution in [2.24, 2.45) is 17.1 Å². The van der Waals surface area contributed by atoms with Crippen LogP contribution in [0.25, 0.3) is 0 Å². The summed E-state index contributed by atoms with van der Waals surface area (Å²) in [7, 11) is 0. The molecular weight excluding hydrogens is 222 g/mol. The molecule has 0 amide bonds. The van der Waals surface area contributed by atoms with E-state index in [1.54, 1.807) is 0 Å². The lowest BCUT2D eigenvalue weighted by molar-refractivity contribution is -0.134. The molecule has 2 aliphatic carbocycles. The molecule has 0 aromatic heterocycles. The second-order valence-electron chi connectivity index (χ2n) is 7.56. The van der Waals surface area contributed by atoms with Crippen LogP contribution in [0.5, 0.6) is 0 Å². The van der Waals surface area contributed by atoms with Crippen LogP contribution in [-0.2, 0) is 4.74 Å². The smallest absolute Gasteiger partial charge is 0.0808 e. The van der Waals surface area contributed by atoms with Gasteiger partial charge in [-0.3, -0.25) is 0 Å². The van der Waals surface area contributed by atoms with Gasteiger partial charge in [0.1, 0.15) is 0 Å². The Labute approximate surface area is 113 Å². The minimum absolute atomic E-state index is 0.00273. The second-order valence-corrected chi connectivity index (χ2v) is 7.56. The van der Waals surface area contributed by atoms with Gasteiger partial charge in [-0.15, -0.1) is 0 Å². The molecule has 106 valence electrons. The highest BCUT2D eigenvalue weighted by molar-refractivity contribution is 4.92. The molecule has 2 rings (SSSR count). The van der Waals surface area contributed by atoms with Crippen LogP contribution in [0.2, 0.25) is 0 Å². The minimum atomic E-state index is -0.00273. The predicted molar refractivity (Wildman–Crippen MR) is 76.5 cm³/mol. The van der Waals surface area contributed by atoms with Crippen molar-refractivity contribution in [2.45, 2.75) is 83.8 Å². The van der Waals surface area contributed by atoms with Crippen molar-refractivity contribution < 1.29 is 4.74 Å². The first-order chi connectivity index (χ1) is 8.45. The van der Waals surface area contributed by atoms with Crippen LogP contribution in [-0.4, -0.2) is 18.2 Å². The molecule has 0 saturated heterocycles. The summed E-state index contributed by atoms with van der Waals surface area (Å²) in [5.74, 6) is 0.832. The zero-order valence-electron chi connectivity index (χ0n) is 12.5. The summed E-state index contributed by atoms with van der Waals surface area (Å²) in [5, 5.41) is 0. The summed E-state index contributed by atoms with van der Waals surface area (Å²) < 4.78 is 6.51. The Morgan fingerprint density at radius 2 is 1.78 bits per heavy atom. The predicted octanol–water partition coefficient (Wildman–Crippen LogP) is 3.88. The van der Waals surface area contributed by atoms with Crippen molar-refractivity contribution in [3.63, 3.8) is 0 Å². The molecule has 0 aromatic rings. The molecule has 18 heavy (non-hydrogen) atoms. The summed E-state index contributed by atoms with van der Waals surface area (Å²) in [6.07, 6.45) is 10.5. The third-order valence-corrected chi connectivity index (χ3v) is 5.19. The lowest BCUT2D eigenvalue weighted by atomic mass is 9.70. The number of hydrogen-bond acceptors (Lipinski definition) is 2. The van der Waals surface area contributed by atoms with Crippen LogP contribution < -0.4 is 5.73 Å². The fourth-order valence-electron chi connectivity index (χ4n) is 3.59. The average molecular weight is 253 g/mol. The highest BCUT2D eigenvalue weighted by Crippen LogP contribution is 2.43. The van der Waals surface area contributed by atoms with E-state index in [0.29, 0.717) is 18.1 Å². The molecule has 0 bridgehead atoms. The molecule has 0 spiro atoms. The number of rotatable bonds is 3. The summed E-state index contributed by atoms with van der Waals surface area (Å²) in [6, 6.07) is 0. The first-order valence-electron chi connectivity index (χ1n) is 7.83. The van der Waals surface area contributed by atoms with E-state index >= 15 is 0 Å². The van der Waals surface area contributed by atoms with E-state index in [2.05, 4.69) is 20.8 Å². The van der Waals surface area contributed by atoms with Crippen molar-refractivity contribution in [2.75, 3.05) is 6.54 Å². The molecule has 0 radical (unpaired) electrons.